The zero-order valence-electron chi connectivity index (χ0n) is 16.5. The Hall–Kier alpha value is -2.16. The Balaban J connectivity index is 1.50. The number of hydrogen-bond acceptors (Lipinski definition) is 6. The minimum atomic E-state index is -0.777. The lowest BCUT2D eigenvalue weighted by molar-refractivity contribution is 0.103. The molecule has 0 atom stereocenters. The van der Waals surface area contributed by atoms with Crippen LogP contribution in [0.2, 0.25) is 5.02 Å². The molecule has 1 fully saturated rings. The number of aryl methyl sites for hydroxylation is 1. The number of carbonyl (C=O) groups is 1. The van der Waals surface area contributed by atoms with E-state index in [1.807, 2.05) is 24.0 Å². The van der Waals surface area contributed by atoms with Crippen LogP contribution < -0.4 is 10.2 Å². The van der Waals surface area contributed by atoms with E-state index in [4.69, 9.17) is 11.6 Å². The van der Waals surface area contributed by atoms with Gasteiger partial charge in [-0.3, -0.25) is 4.79 Å². The number of halogens is 2. The molecule has 1 aromatic carbocycles. The van der Waals surface area contributed by atoms with Crippen molar-refractivity contribution in [2.75, 3.05) is 29.1 Å². The van der Waals surface area contributed by atoms with Crippen molar-refractivity contribution in [3.63, 3.8) is 0 Å². The van der Waals surface area contributed by atoms with Crippen LogP contribution in [-0.4, -0.2) is 40.9 Å². The summed E-state index contributed by atoms with van der Waals surface area (Å²) in [5.41, 5.74) is 2.29. The molecule has 1 aliphatic heterocycles. The quantitative estimate of drug-likeness (QED) is 0.477. The van der Waals surface area contributed by atoms with Crippen molar-refractivity contribution in [2.24, 2.45) is 0 Å². The predicted octanol–water partition coefficient (Wildman–Crippen LogP) is 5.69. The normalized spacial score (nSPS) is 13.9. The van der Waals surface area contributed by atoms with Gasteiger partial charge in [-0.25, -0.2) is 14.4 Å². The van der Waals surface area contributed by atoms with Crippen molar-refractivity contribution in [3.05, 3.63) is 51.4 Å². The zero-order valence-corrected chi connectivity index (χ0v) is 18.9. The van der Waals surface area contributed by atoms with Crippen LogP contribution in [0, 0.1) is 6.92 Å². The molecule has 0 saturated carbocycles. The molecule has 0 unspecified atom stereocenters. The van der Waals surface area contributed by atoms with Gasteiger partial charge in [0.2, 0.25) is 0 Å². The van der Waals surface area contributed by atoms with E-state index < -0.39 is 6.17 Å². The highest BCUT2D eigenvalue weighted by molar-refractivity contribution is 7.99. The Morgan fingerprint density at radius 2 is 2.03 bits per heavy atom. The molecular formula is C21H20ClFN4OS2. The van der Waals surface area contributed by atoms with Gasteiger partial charge in [-0.15, -0.1) is 23.1 Å². The monoisotopic (exact) mass is 462 g/mol. The number of nitrogens with zero attached hydrogens (tertiary/aromatic N) is 3. The highest BCUT2D eigenvalue weighted by atomic mass is 35.5. The van der Waals surface area contributed by atoms with Crippen LogP contribution in [-0.2, 0) is 0 Å². The first-order chi connectivity index (χ1) is 14.4. The topological polar surface area (TPSA) is 58.1 Å². The number of thioether (sulfide) groups is 1. The molecule has 3 aromatic rings. The summed E-state index contributed by atoms with van der Waals surface area (Å²) in [6.45, 7) is 4.77. The number of anilines is 2. The number of amides is 1. The van der Waals surface area contributed by atoms with E-state index in [9.17, 15) is 9.18 Å². The summed E-state index contributed by atoms with van der Waals surface area (Å²) in [6, 6.07) is 7.34. The van der Waals surface area contributed by atoms with Gasteiger partial charge in [0.1, 0.15) is 6.17 Å². The summed E-state index contributed by atoms with van der Waals surface area (Å²) in [7, 11) is 0. The first kappa shape index (κ1) is 21.1. The molecule has 3 heterocycles. The van der Waals surface area contributed by atoms with Crippen LogP contribution in [0.15, 0.2) is 41.6 Å². The lowest BCUT2D eigenvalue weighted by Crippen LogP contribution is -2.48. The number of alkyl halides is 1. The van der Waals surface area contributed by atoms with Gasteiger partial charge >= 0.3 is 0 Å². The van der Waals surface area contributed by atoms with Crippen molar-refractivity contribution in [1.29, 1.82) is 0 Å². The second-order valence-corrected chi connectivity index (χ2v) is 9.94. The third kappa shape index (κ3) is 4.61. The lowest BCUT2D eigenvalue weighted by atomic mass is 10.2. The maximum Gasteiger partial charge on any atom is 0.265 e. The average Bonchev–Trinajstić information content (AvgIpc) is 3.07. The molecule has 1 saturated heterocycles. The Bertz CT molecular complexity index is 1070. The molecular weight excluding hydrogens is 443 g/mol. The van der Waals surface area contributed by atoms with Crippen LogP contribution >= 0.6 is 34.7 Å². The Kier molecular flexibility index (Phi) is 6.26. The first-order valence-corrected chi connectivity index (χ1v) is 11.7. The summed E-state index contributed by atoms with van der Waals surface area (Å²) in [6.07, 6.45) is 2.62. The Morgan fingerprint density at radius 1 is 1.30 bits per heavy atom. The van der Waals surface area contributed by atoms with Crippen LogP contribution in [0.5, 0.6) is 0 Å². The van der Waals surface area contributed by atoms with Gasteiger partial charge in [0, 0.05) is 26.0 Å². The summed E-state index contributed by atoms with van der Waals surface area (Å²) < 4.78 is 13.0. The number of rotatable bonds is 6. The molecule has 5 nitrogen and oxygen atoms in total. The van der Waals surface area contributed by atoms with E-state index >= 15 is 0 Å². The van der Waals surface area contributed by atoms with E-state index in [-0.39, 0.29) is 5.91 Å². The largest absolute Gasteiger partial charge is 0.363 e. The molecule has 1 aliphatic rings. The van der Waals surface area contributed by atoms with Crippen LogP contribution in [0.1, 0.15) is 21.5 Å². The highest BCUT2D eigenvalue weighted by Gasteiger charge is 2.27. The van der Waals surface area contributed by atoms with E-state index in [1.165, 1.54) is 11.3 Å². The maximum absolute atomic E-state index is 13.0. The number of nitrogens with one attached hydrogen (secondary N) is 1. The summed E-state index contributed by atoms with van der Waals surface area (Å²) in [5.74, 6) is 1.27. The molecule has 1 amide bonds. The number of thiophene rings is 1. The van der Waals surface area contributed by atoms with Gasteiger partial charge in [-0.05, 0) is 36.9 Å². The number of hydrogen-bond donors (Lipinski definition) is 1. The number of aromatic nitrogens is 2. The van der Waals surface area contributed by atoms with Gasteiger partial charge in [0.25, 0.3) is 5.91 Å². The lowest BCUT2D eigenvalue weighted by Gasteiger charge is -2.35. The molecule has 0 spiro atoms. The van der Waals surface area contributed by atoms with Crippen LogP contribution in [0.3, 0.4) is 0 Å². The van der Waals surface area contributed by atoms with Gasteiger partial charge in [0.15, 0.2) is 5.82 Å². The molecule has 0 radical (unpaired) electrons. The molecule has 0 aliphatic carbocycles. The van der Waals surface area contributed by atoms with E-state index in [1.54, 1.807) is 36.3 Å². The van der Waals surface area contributed by atoms with Crippen molar-refractivity contribution in [3.8, 4) is 11.4 Å². The van der Waals surface area contributed by atoms with E-state index in [0.29, 0.717) is 34.5 Å². The maximum atomic E-state index is 13.0. The summed E-state index contributed by atoms with van der Waals surface area (Å²) in [4.78, 5) is 26.0. The fraction of sp³-hybridized carbons (Fsp3) is 0.286. The third-order valence-corrected chi connectivity index (χ3v) is 6.79. The van der Waals surface area contributed by atoms with Gasteiger partial charge in [-0.2, -0.15) is 0 Å². The van der Waals surface area contributed by atoms with Crippen molar-refractivity contribution < 1.29 is 9.18 Å². The Morgan fingerprint density at radius 3 is 2.70 bits per heavy atom. The standard InChI is InChI=1S/C21H20ClFN4OS2/c1-3-29-17-5-13(22)4-15(6-17)26-21(28)19-7-18(12(2)30-19)20-24-8-16(9-25-20)27-10-14(23)11-27/h4-9,14H,3,10-11H2,1-2H3,(H,26,28). The van der Waals surface area contributed by atoms with Gasteiger partial charge < -0.3 is 10.2 Å². The highest BCUT2D eigenvalue weighted by Crippen LogP contribution is 2.31. The van der Waals surface area contributed by atoms with Gasteiger partial charge in [-0.1, -0.05) is 18.5 Å². The summed E-state index contributed by atoms with van der Waals surface area (Å²) in [5, 5.41) is 3.51. The SMILES string of the molecule is CCSc1cc(Cl)cc(NC(=O)c2cc(-c3ncc(N4CC(F)C4)cn3)c(C)s2)c1. The van der Waals surface area contributed by atoms with E-state index in [2.05, 4.69) is 22.2 Å². The average molecular weight is 463 g/mol. The second kappa shape index (κ2) is 8.91. The molecule has 30 heavy (non-hydrogen) atoms. The first-order valence-electron chi connectivity index (χ1n) is 9.49. The number of carbonyl (C=O) groups excluding carboxylic acids is 1. The van der Waals surface area contributed by atoms with Crippen molar-refractivity contribution in [2.45, 2.75) is 24.9 Å². The fourth-order valence-corrected chi connectivity index (χ4v) is 5.12. The van der Waals surface area contributed by atoms with Crippen LogP contribution in [0.4, 0.5) is 15.8 Å². The molecule has 9 heteroatoms. The minimum absolute atomic E-state index is 0.199. The molecule has 1 N–H and O–H groups in total. The fourth-order valence-electron chi connectivity index (χ4n) is 3.15. The van der Waals surface area contributed by atoms with Gasteiger partial charge in [0.05, 0.1) is 36.0 Å². The molecule has 4 rings (SSSR count). The molecule has 2 aromatic heterocycles. The van der Waals surface area contributed by atoms with Crippen LogP contribution in [0.25, 0.3) is 11.4 Å². The third-order valence-electron chi connectivity index (χ3n) is 4.66. The summed E-state index contributed by atoms with van der Waals surface area (Å²) >= 11 is 9.24. The van der Waals surface area contributed by atoms with Crippen molar-refractivity contribution in [1.82, 2.24) is 9.97 Å². The second-order valence-electron chi connectivity index (χ2n) is 6.91. The number of benzene rings is 1. The zero-order chi connectivity index (χ0) is 21.3. The smallest absolute Gasteiger partial charge is 0.265 e. The minimum Gasteiger partial charge on any atom is -0.363 e. The molecule has 0 bridgehead atoms. The molecule has 156 valence electrons. The van der Waals surface area contributed by atoms with E-state index in [0.717, 1.165) is 26.8 Å². The predicted molar refractivity (Wildman–Crippen MR) is 123 cm³/mol. The Labute approximate surface area is 187 Å². The van der Waals surface area contributed by atoms with Crippen molar-refractivity contribution >= 4 is 52.0 Å².